The van der Waals surface area contributed by atoms with Crippen LogP contribution in [0.15, 0.2) is 170 Å². The summed E-state index contributed by atoms with van der Waals surface area (Å²) in [7, 11) is 0. The molecule has 0 fully saturated rings. The van der Waals surface area contributed by atoms with Crippen molar-refractivity contribution in [1.82, 2.24) is 0 Å². The summed E-state index contributed by atoms with van der Waals surface area (Å²) in [4.78, 5) is 8.02. The van der Waals surface area contributed by atoms with Crippen molar-refractivity contribution >= 4 is 43.7 Å². The third kappa shape index (κ3) is 4.67. The largest absolute Gasteiger partial charge is 0.237 e. The van der Waals surface area contributed by atoms with Crippen molar-refractivity contribution in [2.24, 2.45) is 0 Å². The maximum Gasteiger partial charge on any atom is 0.196 e. The Morgan fingerprint density at radius 2 is 0.629 bits per heavy atom. The Hall–Kier alpha value is -9.06. The first kappa shape index (κ1) is 34.9. The van der Waals surface area contributed by atoms with Gasteiger partial charge in [-0.15, -0.1) is 0 Å². The number of nitrogens with zero attached hydrogens (tertiary/aromatic N) is 4. The molecule has 0 radical (unpaired) electrons. The van der Waals surface area contributed by atoms with Crippen LogP contribution >= 0.6 is 0 Å². The fraction of sp³-hybridized carbons (Fsp3) is 0. The zero-order valence-electron chi connectivity index (χ0n) is 33.0. The van der Waals surface area contributed by atoms with Gasteiger partial charge in [-0.3, -0.25) is 0 Å². The van der Waals surface area contributed by atoms with Gasteiger partial charge in [-0.2, -0.15) is 10.5 Å². The van der Waals surface area contributed by atoms with Gasteiger partial charge in [0.1, 0.15) is 0 Å². The predicted molar refractivity (Wildman–Crippen MR) is 252 cm³/mol. The molecule has 2 aliphatic rings. The van der Waals surface area contributed by atoms with Crippen molar-refractivity contribution < 1.29 is 0 Å². The van der Waals surface area contributed by atoms with E-state index in [2.05, 4.69) is 143 Å². The molecule has 0 aromatic heterocycles. The normalized spacial score (nSPS) is 11.5. The molecular formula is C58H28N4. The van der Waals surface area contributed by atoms with Crippen molar-refractivity contribution in [3.63, 3.8) is 0 Å². The van der Waals surface area contributed by atoms with Crippen LogP contribution in [0.3, 0.4) is 0 Å². The molecule has 280 valence electrons. The lowest BCUT2D eigenvalue weighted by Gasteiger charge is -2.22. The Balaban J connectivity index is 1.28. The van der Waals surface area contributed by atoms with E-state index < -0.39 is 0 Å². The SMILES string of the molecule is [C-]#[N+]c1cc(C#N)ccc1-c1c2c(c(-c3ccc(C#N)cc3[N+]#[C-])c3ccccc13)-c1ccc3c4c(ccc-2c14)-c1c-3c(-c2ccccc2)c2ccccc2c1-c1ccccc1. The van der Waals surface area contributed by atoms with Gasteiger partial charge in [0.2, 0.25) is 0 Å². The van der Waals surface area contributed by atoms with E-state index in [1.54, 1.807) is 24.3 Å². The third-order valence-corrected chi connectivity index (χ3v) is 12.8. The predicted octanol–water partition coefficient (Wildman–Crippen LogP) is 16.0. The number of fused-ring (bicyclic) bond motifs is 8. The van der Waals surface area contributed by atoms with E-state index in [0.29, 0.717) is 22.5 Å². The van der Waals surface area contributed by atoms with Gasteiger partial charge in [0.15, 0.2) is 11.4 Å². The molecule has 10 aromatic rings. The fourth-order valence-corrected chi connectivity index (χ4v) is 10.5. The van der Waals surface area contributed by atoms with Gasteiger partial charge >= 0.3 is 0 Å². The molecule has 0 saturated carbocycles. The van der Waals surface area contributed by atoms with Gasteiger partial charge in [-0.25, -0.2) is 9.69 Å². The molecule has 0 heterocycles. The summed E-state index contributed by atoms with van der Waals surface area (Å²) in [6.07, 6.45) is 0. The van der Waals surface area contributed by atoms with Gasteiger partial charge in [0.05, 0.1) is 25.3 Å². The highest BCUT2D eigenvalue weighted by molar-refractivity contribution is 6.35. The molecule has 4 heteroatoms. The molecule has 0 atom stereocenters. The van der Waals surface area contributed by atoms with E-state index in [4.69, 9.17) is 13.1 Å². The van der Waals surface area contributed by atoms with Gasteiger partial charge in [-0.05, 0) is 146 Å². The first-order valence-corrected chi connectivity index (χ1v) is 20.4. The molecule has 0 N–H and O–H groups in total. The molecule has 0 amide bonds. The van der Waals surface area contributed by atoms with E-state index in [1.165, 1.54) is 49.5 Å². The van der Waals surface area contributed by atoms with Crippen molar-refractivity contribution in [2.45, 2.75) is 0 Å². The summed E-state index contributed by atoms with van der Waals surface area (Å²) in [6, 6.07) is 62.8. The number of hydrogen-bond donors (Lipinski definition) is 0. The minimum atomic E-state index is 0.400. The van der Waals surface area contributed by atoms with Crippen LogP contribution in [0.4, 0.5) is 11.4 Å². The van der Waals surface area contributed by atoms with E-state index in [1.807, 2.05) is 24.3 Å². The highest BCUT2D eigenvalue weighted by atomic mass is 14.7. The van der Waals surface area contributed by atoms with Gasteiger partial charge in [-0.1, -0.05) is 146 Å². The second-order valence-electron chi connectivity index (χ2n) is 15.8. The quantitative estimate of drug-likeness (QED) is 0.167. The lowest BCUT2D eigenvalue weighted by molar-refractivity contribution is 1.48. The molecule has 2 aliphatic carbocycles. The van der Waals surface area contributed by atoms with Crippen molar-refractivity contribution in [1.29, 1.82) is 10.5 Å². The fourth-order valence-electron chi connectivity index (χ4n) is 10.5. The smallest absolute Gasteiger partial charge is 0.196 e. The number of nitriles is 2. The molecule has 0 unspecified atom stereocenters. The Morgan fingerprint density at radius 1 is 0.323 bits per heavy atom. The molecule has 0 bridgehead atoms. The monoisotopic (exact) mass is 780 g/mol. The van der Waals surface area contributed by atoms with Crippen LogP contribution < -0.4 is 0 Å². The van der Waals surface area contributed by atoms with Crippen LogP contribution in [0.1, 0.15) is 11.1 Å². The second kappa shape index (κ2) is 13.2. The van der Waals surface area contributed by atoms with Crippen molar-refractivity contribution in [3.8, 4) is 101 Å². The van der Waals surface area contributed by atoms with Crippen molar-refractivity contribution in [3.05, 3.63) is 204 Å². The summed E-state index contributed by atoms with van der Waals surface area (Å²) in [5.74, 6) is 0. The van der Waals surface area contributed by atoms with Crippen LogP contribution in [0.5, 0.6) is 0 Å². The van der Waals surface area contributed by atoms with Crippen LogP contribution in [0.2, 0.25) is 0 Å². The third-order valence-electron chi connectivity index (χ3n) is 12.8. The van der Waals surface area contributed by atoms with Crippen molar-refractivity contribution in [2.75, 3.05) is 0 Å². The summed E-state index contributed by atoms with van der Waals surface area (Å²) in [5, 5.41) is 26.3. The van der Waals surface area contributed by atoms with Crippen LogP contribution in [-0.2, 0) is 0 Å². The first-order valence-electron chi connectivity index (χ1n) is 20.4. The van der Waals surface area contributed by atoms with Gasteiger partial charge in [0.25, 0.3) is 0 Å². The molecular weight excluding hydrogens is 753 g/mol. The summed E-state index contributed by atoms with van der Waals surface area (Å²) < 4.78 is 0. The average molecular weight is 781 g/mol. The Bertz CT molecular complexity index is 3590. The van der Waals surface area contributed by atoms with Crippen LogP contribution in [-0.4, -0.2) is 0 Å². The zero-order valence-corrected chi connectivity index (χ0v) is 33.0. The highest BCUT2D eigenvalue weighted by Gasteiger charge is 2.37. The number of hydrogen-bond acceptors (Lipinski definition) is 2. The standard InChI is InChI=1S/C58H28N4/c1-61-47-29-33(31-59)21-23-41(47)51-39-19-11-12-20-40(39)52(42-24-22-34(32-60)30-48(42)62-2)58-46-28-26-44-53-43(25-27-45(54(46)53)57(51)58)55-49(35-13-5-3-6-14-35)37-17-9-10-18-38(37)50(56(44)55)36-15-7-4-8-16-36/h3-30H. The average Bonchev–Trinajstić information content (AvgIpc) is 3.85. The second-order valence-corrected chi connectivity index (χ2v) is 15.8. The minimum Gasteiger partial charge on any atom is -0.237 e. The van der Waals surface area contributed by atoms with E-state index >= 15 is 0 Å². The number of benzene rings is 10. The van der Waals surface area contributed by atoms with Gasteiger partial charge < -0.3 is 0 Å². The maximum atomic E-state index is 9.90. The number of rotatable bonds is 4. The first-order chi connectivity index (χ1) is 30.6. The maximum absolute atomic E-state index is 9.90. The Morgan fingerprint density at radius 3 is 0.968 bits per heavy atom. The minimum absolute atomic E-state index is 0.400. The highest BCUT2D eigenvalue weighted by Crippen LogP contribution is 2.65. The lowest BCUT2D eigenvalue weighted by Crippen LogP contribution is -1.95. The van der Waals surface area contributed by atoms with E-state index in [-0.39, 0.29) is 0 Å². The molecule has 62 heavy (non-hydrogen) atoms. The lowest BCUT2D eigenvalue weighted by atomic mass is 9.81. The molecule has 0 aliphatic heterocycles. The Kier molecular flexibility index (Phi) is 7.45. The summed E-state index contributed by atoms with van der Waals surface area (Å²) in [5.41, 5.74) is 18.5. The molecule has 12 rings (SSSR count). The molecule has 4 nitrogen and oxygen atoms in total. The molecule has 0 saturated heterocycles. The molecule has 10 aromatic carbocycles. The topological polar surface area (TPSA) is 56.3 Å². The summed E-state index contributed by atoms with van der Waals surface area (Å²) in [6.45, 7) is 16.7. The summed E-state index contributed by atoms with van der Waals surface area (Å²) >= 11 is 0. The van der Waals surface area contributed by atoms with E-state index in [9.17, 15) is 10.5 Å². The van der Waals surface area contributed by atoms with Crippen LogP contribution in [0.25, 0.3) is 131 Å². The molecule has 0 spiro atoms. The van der Waals surface area contributed by atoms with Crippen LogP contribution in [0, 0.1) is 35.8 Å². The van der Waals surface area contributed by atoms with Gasteiger partial charge in [0, 0.05) is 11.1 Å². The Labute approximate surface area is 357 Å². The zero-order chi connectivity index (χ0) is 41.6. The van der Waals surface area contributed by atoms with E-state index in [0.717, 1.165) is 71.8 Å².